The second-order valence-electron chi connectivity index (χ2n) is 9.76. The summed E-state index contributed by atoms with van der Waals surface area (Å²) in [5.41, 5.74) is 5.10. The Morgan fingerprint density at radius 1 is 1.00 bits per heavy atom. The third kappa shape index (κ3) is 4.92. The molecule has 0 bridgehead atoms. The average Bonchev–Trinajstić information content (AvgIpc) is 3.45. The number of carbonyl (C=O) groups is 1. The first kappa shape index (κ1) is 28.9. The van der Waals surface area contributed by atoms with Crippen molar-refractivity contribution in [2.24, 2.45) is 4.99 Å². The number of thiazole rings is 1. The van der Waals surface area contributed by atoms with E-state index in [0.717, 1.165) is 22.6 Å². The summed E-state index contributed by atoms with van der Waals surface area (Å²) in [7, 11) is 4.56. The Kier molecular flexibility index (Phi) is 8.08. The molecule has 0 fully saturated rings. The maximum atomic E-state index is 14.2. The Hall–Kier alpha value is -4.57. The minimum atomic E-state index is -0.826. The van der Waals surface area contributed by atoms with Gasteiger partial charge < -0.3 is 23.5 Å². The number of hydrogen-bond donors (Lipinski definition) is 0. The lowest BCUT2D eigenvalue weighted by molar-refractivity contribution is -0.139. The Balaban J connectivity index is 1.74. The van der Waals surface area contributed by atoms with Crippen LogP contribution in [0.2, 0.25) is 0 Å². The van der Waals surface area contributed by atoms with Crippen LogP contribution in [0.25, 0.3) is 11.8 Å². The van der Waals surface area contributed by atoms with Gasteiger partial charge in [0, 0.05) is 17.1 Å². The van der Waals surface area contributed by atoms with Crippen LogP contribution < -0.4 is 29.1 Å². The highest BCUT2D eigenvalue weighted by Crippen LogP contribution is 2.42. The molecule has 5 rings (SSSR count). The maximum Gasteiger partial charge on any atom is 0.338 e. The molecule has 42 heavy (non-hydrogen) atoms. The van der Waals surface area contributed by atoms with E-state index in [1.54, 1.807) is 30.5 Å². The first-order valence-electron chi connectivity index (χ1n) is 13.5. The van der Waals surface area contributed by atoms with E-state index in [1.165, 1.54) is 32.7 Å². The van der Waals surface area contributed by atoms with E-state index in [9.17, 15) is 9.59 Å². The van der Waals surface area contributed by atoms with Gasteiger partial charge in [0.2, 0.25) is 5.75 Å². The molecule has 2 aromatic heterocycles. The molecule has 218 valence electrons. The molecule has 9 nitrogen and oxygen atoms in total. The van der Waals surface area contributed by atoms with Crippen molar-refractivity contribution in [1.82, 2.24) is 9.13 Å². The lowest BCUT2D eigenvalue weighted by atomic mass is 9.95. The van der Waals surface area contributed by atoms with Crippen molar-refractivity contribution in [2.45, 2.75) is 33.7 Å². The second-order valence-corrected chi connectivity index (χ2v) is 10.8. The third-order valence-corrected chi connectivity index (χ3v) is 8.27. The Morgan fingerprint density at radius 3 is 2.26 bits per heavy atom. The molecule has 1 atom stereocenters. The van der Waals surface area contributed by atoms with Crippen LogP contribution in [-0.4, -0.2) is 43.0 Å². The molecule has 1 aliphatic heterocycles. The van der Waals surface area contributed by atoms with Crippen molar-refractivity contribution in [3.8, 4) is 22.9 Å². The molecule has 1 aliphatic rings. The van der Waals surface area contributed by atoms with Crippen molar-refractivity contribution >= 4 is 23.4 Å². The van der Waals surface area contributed by atoms with Crippen LogP contribution in [0.5, 0.6) is 17.2 Å². The summed E-state index contributed by atoms with van der Waals surface area (Å²) in [5.74, 6) is 0.668. The number of aromatic nitrogens is 2. The molecule has 0 aliphatic carbocycles. The summed E-state index contributed by atoms with van der Waals surface area (Å²) in [5, 5.41) is 0. The number of hydrogen-bond acceptors (Lipinski definition) is 8. The predicted molar refractivity (Wildman–Crippen MR) is 162 cm³/mol. The summed E-state index contributed by atoms with van der Waals surface area (Å²) in [6.45, 7) is 7.74. The number of benzene rings is 2. The lowest BCUT2D eigenvalue weighted by Gasteiger charge is -2.26. The van der Waals surface area contributed by atoms with Crippen LogP contribution in [0.15, 0.2) is 69.6 Å². The highest BCUT2D eigenvalue weighted by molar-refractivity contribution is 7.07. The molecular formula is C32H33N3O6S. The summed E-state index contributed by atoms with van der Waals surface area (Å²) >= 11 is 1.28. The molecule has 2 aromatic carbocycles. The fourth-order valence-electron chi connectivity index (χ4n) is 5.42. The largest absolute Gasteiger partial charge is 0.493 e. The molecule has 3 heterocycles. The van der Waals surface area contributed by atoms with E-state index < -0.39 is 12.0 Å². The van der Waals surface area contributed by atoms with Crippen LogP contribution in [0.1, 0.15) is 42.4 Å². The van der Waals surface area contributed by atoms with Gasteiger partial charge in [0.15, 0.2) is 16.3 Å². The summed E-state index contributed by atoms with van der Waals surface area (Å²) in [6.07, 6.45) is 1.89. The summed E-state index contributed by atoms with van der Waals surface area (Å²) in [4.78, 5) is 32.6. The minimum absolute atomic E-state index is 0.180. The van der Waals surface area contributed by atoms with Gasteiger partial charge in [0.05, 0.1) is 49.8 Å². The average molecular weight is 588 g/mol. The molecule has 10 heteroatoms. The molecule has 0 saturated heterocycles. The van der Waals surface area contributed by atoms with Crippen molar-refractivity contribution < 1.29 is 23.7 Å². The molecular weight excluding hydrogens is 554 g/mol. The topological polar surface area (TPSA) is 93.3 Å². The zero-order valence-electron chi connectivity index (χ0n) is 24.7. The molecule has 4 aromatic rings. The summed E-state index contributed by atoms with van der Waals surface area (Å²) in [6, 6.07) is 14.8. The van der Waals surface area contributed by atoms with Gasteiger partial charge in [0.25, 0.3) is 5.56 Å². The normalized spacial score (nSPS) is 14.8. The molecule has 0 unspecified atom stereocenters. The number of fused-ring (bicyclic) bond motifs is 1. The fraction of sp³-hybridized carbons (Fsp3) is 0.281. The van der Waals surface area contributed by atoms with E-state index in [2.05, 4.69) is 27.8 Å². The first-order chi connectivity index (χ1) is 20.2. The third-order valence-electron chi connectivity index (χ3n) is 7.29. The van der Waals surface area contributed by atoms with Crippen molar-refractivity contribution in [3.05, 3.63) is 102 Å². The van der Waals surface area contributed by atoms with Crippen LogP contribution in [0.3, 0.4) is 0 Å². The zero-order valence-corrected chi connectivity index (χ0v) is 25.5. The smallest absolute Gasteiger partial charge is 0.338 e. The number of para-hydroxylation sites is 1. The maximum absolute atomic E-state index is 14.2. The molecule has 0 N–H and O–H groups in total. The van der Waals surface area contributed by atoms with E-state index >= 15 is 0 Å². The monoisotopic (exact) mass is 587 g/mol. The van der Waals surface area contributed by atoms with Crippen molar-refractivity contribution in [2.75, 3.05) is 27.9 Å². The molecule has 0 amide bonds. The Bertz CT molecular complexity index is 1860. The van der Waals surface area contributed by atoms with E-state index in [4.69, 9.17) is 18.9 Å². The number of methoxy groups -OCH3 is 3. The molecule has 0 saturated carbocycles. The highest BCUT2D eigenvalue weighted by Gasteiger charge is 2.34. The second kappa shape index (κ2) is 11.7. The van der Waals surface area contributed by atoms with E-state index in [0.29, 0.717) is 37.8 Å². The number of ether oxygens (including phenoxy) is 4. The van der Waals surface area contributed by atoms with Crippen LogP contribution >= 0.6 is 11.3 Å². The fourth-order valence-corrected chi connectivity index (χ4v) is 6.45. The first-order valence-corrected chi connectivity index (χ1v) is 14.3. The lowest BCUT2D eigenvalue weighted by Crippen LogP contribution is -2.40. The van der Waals surface area contributed by atoms with Gasteiger partial charge in [-0.2, -0.15) is 0 Å². The summed E-state index contributed by atoms with van der Waals surface area (Å²) < 4.78 is 26.3. The van der Waals surface area contributed by atoms with Crippen LogP contribution in [-0.2, 0) is 9.53 Å². The van der Waals surface area contributed by atoms with Gasteiger partial charge in [-0.05, 0) is 75.2 Å². The van der Waals surface area contributed by atoms with Gasteiger partial charge in [-0.3, -0.25) is 9.36 Å². The molecule has 0 radical (unpaired) electrons. The predicted octanol–water partition coefficient (Wildman–Crippen LogP) is 4.23. The standard InChI is InChI=1S/C32H33N3O6S/c1-8-41-31(37)27-19(3)33-32-35(28(27)22-15-24(38-5)29(40-7)25(16-22)39-6)30(36)26(42-32)17-21-14-18(2)34(20(21)4)23-12-10-9-11-13-23/h9-17,28H,8H2,1-7H3/b26-17-/t28-/m1/s1. The van der Waals surface area contributed by atoms with Crippen molar-refractivity contribution in [3.63, 3.8) is 0 Å². The highest BCUT2D eigenvalue weighted by atomic mass is 32.1. The number of nitrogens with zero attached hydrogens (tertiary/aromatic N) is 3. The van der Waals surface area contributed by atoms with Gasteiger partial charge in [-0.25, -0.2) is 9.79 Å². The quantitative estimate of drug-likeness (QED) is 0.287. The van der Waals surface area contributed by atoms with Crippen LogP contribution in [0.4, 0.5) is 0 Å². The van der Waals surface area contributed by atoms with Crippen molar-refractivity contribution in [1.29, 1.82) is 0 Å². The van der Waals surface area contributed by atoms with Gasteiger partial charge in [-0.15, -0.1) is 0 Å². The number of allylic oxidation sites excluding steroid dienone is 1. The van der Waals surface area contributed by atoms with E-state index in [-0.39, 0.29) is 17.7 Å². The SMILES string of the molecule is CCOC(=O)C1=C(C)N=c2s/c(=C\c3cc(C)n(-c4ccccc4)c3C)c(=O)n2[C@@H]1c1cc(OC)c(OC)c(OC)c1. The number of aryl methyl sites for hydroxylation is 1. The zero-order chi connectivity index (χ0) is 30.1. The number of esters is 1. The Morgan fingerprint density at radius 2 is 1.67 bits per heavy atom. The van der Waals surface area contributed by atoms with E-state index in [1.807, 2.05) is 38.1 Å². The van der Waals surface area contributed by atoms with Crippen LogP contribution in [0, 0.1) is 13.8 Å². The number of carbonyl (C=O) groups excluding carboxylic acids is 1. The minimum Gasteiger partial charge on any atom is -0.493 e. The van der Waals surface area contributed by atoms with Gasteiger partial charge in [-0.1, -0.05) is 29.5 Å². The Labute approximate surface area is 247 Å². The van der Waals surface area contributed by atoms with Gasteiger partial charge >= 0.3 is 5.97 Å². The number of rotatable bonds is 8. The van der Waals surface area contributed by atoms with Gasteiger partial charge in [0.1, 0.15) is 0 Å². The molecule has 0 spiro atoms.